The van der Waals surface area contributed by atoms with Gasteiger partial charge in [-0.2, -0.15) is 0 Å². The highest BCUT2D eigenvalue weighted by Gasteiger charge is 2.36. The standard InChI is InChI=1S/C16H14N4OS3/c17-15-18-19-16(24-15)22-9-14(21)20-10-5-1-3-7-12(10)23-13-8-4-2-6-11(13)20/h1-8,10,12H,9H2,(H2,17,18)/t10-,12+/m1/s1. The zero-order chi connectivity index (χ0) is 16.5. The molecule has 0 radical (unpaired) electrons. The SMILES string of the molecule is Nc1nnc(SCC(=O)N2c3ccccc3S[C@H]3C=CC=C[C@H]32)s1. The van der Waals surface area contributed by atoms with Crippen LogP contribution in [0.25, 0.3) is 0 Å². The summed E-state index contributed by atoms with van der Waals surface area (Å²) < 4.78 is 0.719. The molecule has 1 aromatic heterocycles. The van der Waals surface area contributed by atoms with Crippen LogP contribution in [-0.2, 0) is 4.79 Å². The molecule has 0 fully saturated rings. The number of anilines is 2. The third-order valence-corrected chi connectivity index (χ3v) is 6.93. The summed E-state index contributed by atoms with van der Waals surface area (Å²) in [5, 5.41) is 8.42. The highest BCUT2D eigenvalue weighted by molar-refractivity contribution is 8.01. The van der Waals surface area contributed by atoms with Crippen LogP contribution in [0.4, 0.5) is 10.8 Å². The minimum Gasteiger partial charge on any atom is -0.374 e. The van der Waals surface area contributed by atoms with Gasteiger partial charge in [-0.3, -0.25) is 4.79 Å². The molecular formula is C16H14N4OS3. The molecule has 0 saturated heterocycles. The number of nitrogens with zero attached hydrogens (tertiary/aromatic N) is 3. The summed E-state index contributed by atoms with van der Waals surface area (Å²) in [6, 6.07) is 8.11. The maximum absolute atomic E-state index is 13.0. The summed E-state index contributed by atoms with van der Waals surface area (Å²) in [6.07, 6.45) is 8.31. The smallest absolute Gasteiger partial charge is 0.238 e. The summed E-state index contributed by atoms with van der Waals surface area (Å²) in [5.41, 5.74) is 6.57. The summed E-state index contributed by atoms with van der Waals surface area (Å²) in [5.74, 6) is 0.380. The van der Waals surface area contributed by atoms with Crippen molar-refractivity contribution in [2.24, 2.45) is 0 Å². The van der Waals surface area contributed by atoms with Crippen molar-refractivity contribution in [3.05, 3.63) is 48.6 Å². The van der Waals surface area contributed by atoms with Crippen molar-refractivity contribution < 1.29 is 4.79 Å². The first-order chi connectivity index (χ1) is 11.7. The molecule has 4 rings (SSSR count). The van der Waals surface area contributed by atoms with E-state index in [1.165, 1.54) is 23.1 Å². The second-order valence-electron chi connectivity index (χ2n) is 5.27. The number of hydrogen-bond acceptors (Lipinski definition) is 7. The lowest BCUT2D eigenvalue weighted by atomic mass is 10.0. The molecule has 1 aromatic carbocycles. The molecule has 1 aliphatic heterocycles. The zero-order valence-electron chi connectivity index (χ0n) is 12.5. The second kappa shape index (κ2) is 6.62. The maximum atomic E-state index is 13.0. The van der Waals surface area contributed by atoms with Crippen molar-refractivity contribution >= 4 is 51.6 Å². The number of carbonyl (C=O) groups is 1. The molecule has 2 aromatic rings. The lowest BCUT2D eigenvalue weighted by molar-refractivity contribution is -0.116. The first kappa shape index (κ1) is 15.7. The van der Waals surface area contributed by atoms with E-state index in [1.807, 2.05) is 35.3 Å². The van der Waals surface area contributed by atoms with Crippen LogP contribution in [0, 0.1) is 0 Å². The number of nitrogens with two attached hydrogens (primary N) is 1. The Morgan fingerprint density at radius 2 is 2.08 bits per heavy atom. The van der Waals surface area contributed by atoms with Crippen LogP contribution < -0.4 is 10.6 Å². The number of fused-ring (bicyclic) bond motifs is 2. The van der Waals surface area contributed by atoms with E-state index >= 15 is 0 Å². The third-order valence-electron chi connectivity index (χ3n) is 3.75. The van der Waals surface area contributed by atoms with Crippen molar-refractivity contribution in [3.8, 4) is 0 Å². The summed E-state index contributed by atoms with van der Waals surface area (Å²) in [4.78, 5) is 16.0. The molecule has 8 heteroatoms. The Balaban J connectivity index is 1.60. The Morgan fingerprint density at radius 3 is 2.92 bits per heavy atom. The Morgan fingerprint density at radius 1 is 1.25 bits per heavy atom. The van der Waals surface area contributed by atoms with E-state index in [2.05, 4.69) is 28.4 Å². The number of benzene rings is 1. The first-order valence-corrected chi connectivity index (χ1v) is 10.0. The number of hydrogen-bond donors (Lipinski definition) is 1. The number of amides is 1. The lowest BCUT2D eigenvalue weighted by Gasteiger charge is -2.40. The van der Waals surface area contributed by atoms with E-state index in [0.29, 0.717) is 10.9 Å². The Bertz CT molecular complexity index is 832. The van der Waals surface area contributed by atoms with E-state index in [9.17, 15) is 4.79 Å². The van der Waals surface area contributed by atoms with Gasteiger partial charge in [-0.25, -0.2) is 0 Å². The summed E-state index contributed by atoms with van der Waals surface area (Å²) in [7, 11) is 0. The van der Waals surface area contributed by atoms with Crippen molar-refractivity contribution in [3.63, 3.8) is 0 Å². The number of rotatable bonds is 3. The van der Waals surface area contributed by atoms with Crippen LogP contribution >= 0.6 is 34.9 Å². The van der Waals surface area contributed by atoms with Crippen LogP contribution in [0.3, 0.4) is 0 Å². The van der Waals surface area contributed by atoms with Gasteiger partial charge in [-0.1, -0.05) is 59.5 Å². The molecule has 2 atom stereocenters. The average molecular weight is 375 g/mol. The quantitative estimate of drug-likeness (QED) is 0.832. The van der Waals surface area contributed by atoms with Crippen LogP contribution in [-0.4, -0.2) is 33.1 Å². The number of para-hydroxylation sites is 1. The van der Waals surface area contributed by atoms with Crippen LogP contribution in [0.15, 0.2) is 57.8 Å². The Labute approximate surface area is 152 Å². The highest BCUT2D eigenvalue weighted by atomic mass is 32.2. The number of allylic oxidation sites excluding steroid dienone is 2. The maximum Gasteiger partial charge on any atom is 0.238 e. The molecule has 2 N–H and O–H groups in total. The molecule has 2 heterocycles. The Hall–Kier alpha value is -1.77. The van der Waals surface area contributed by atoms with Crippen LogP contribution in [0.5, 0.6) is 0 Å². The van der Waals surface area contributed by atoms with Crippen LogP contribution in [0.1, 0.15) is 0 Å². The fraction of sp³-hybridized carbons (Fsp3) is 0.188. The number of carbonyl (C=O) groups excluding carboxylic acids is 1. The van der Waals surface area contributed by atoms with E-state index < -0.39 is 0 Å². The molecule has 0 unspecified atom stereocenters. The number of aromatic nitrogens is 2. The molecule has 1 aliphatic carbocycles. The van der Waals surface area contributed by atoms with Crippen LogP contribution in [0.2, 0.25) is 0 Å². The molecule has 0 bridgehead atoms. The molecule has 0 saturated carbocycles. The fourth-order valence-corrected chi connectivity index (χ4v) is 5.51. The van der Waals surface area contributed by atoms with Gasteiger partial charge in [0.2, 0.25) is 11.0 Å². The predicted molar refractivity (Wildman–Crippen MR) is 101 cm³/mol. The molecule has 0 spiro atoms. The van der Waals surface area contributed by atoms with E-state index in [-0.39, 0.29) is 17.2 Å². The van der Waals surface area contributed by atoms with Gasteiger partial charge in [0.05, 0.1) is 22.7 Å². The largest absolute Gasteiger partial charge is 0.374 e. The van der Waals surface area contributed by atoms with Crippen molar-refractivity contribution in [1.29, 1.82) is 0 Å². The lowest BCUT2D eigenvalue weighted by Crippen LogP contribution is -2.48. The van der Waals surface area contributed by atoms with Gasteiger partial charge >= 0.3 is 0 Å². The Kier molecular flexibility index (Phi) is 4.34. The molecule has 2 aliphatic rings. The van der Waals surface area contributed by atoms with Gasteiger partial charge in [0.1, 0.15) is 0 Å². The fourth-order valence-electron chi connectivity index (χ4n) is 2.75. The van der Waals surface area contributed by atoms with E-state index in [0.717, 1.165) is 14.9 Å². The minimum absolute atomic E-state index is 0.0440. The van der Waals surface area contributed by atoms with Gasteiger partial charge in [0.15, 0.2) is 4.34 Å². The van der Waals surface area contributed by atoms with Crippen molar-refractivity contribution in [1.82, 2.24) is 10.2 Å². The minimum atomic E-state index is 0.0440. The van der Waals surface area contributed by atoms with Gasteiger partial charge in [-0.05, 0) is 12.1 Å². The zero-order valence-corrected chi connectivity index (χ0v) is 15.0. The van der Waals surface area contributed by atoms with Gasteiger partial charge < -0.3 is 10.6 Å². The summed E-state index contributed by atoms with van der Waals surface area (Å²) >= 11 is 4.49. The number of nitrogen functional groups attached to an aromatic ring is 1. The molecular weight excluding hydrogens is 360 g/mol. The van der Waals surface area contributed by atoms with Gasteiger partial charge in [0.25, 0.3) is 0 Å². The number of thioether (sulfide) groups is 2. The average Bonchev–Trinajstić information content (AvgIpc) is 3.03. The van der Waals surface area contributed by atoms with Gasteiger partial charge in [0, 0.05) is 4.90 Å². The molecule has 24 heavy (non-hydrogen) atoms. The summed E-state index contributed by atoms with van der Waals surface area (Å²) in [6.45, 7) is 0. The topological polar surface area (TPSA) is 72.1 Å². The van der Waals surface area contributed by atoms with Gasteiger partial charge in [-0.15, -0.1) is 22.0 Å². The second-order valence-corrected chi connectivity index (χ2v) is 8.72. The highest BCUT2D eigenvalue weighted by Crippen LogP contribution is 2.43. The van der Waals surface area contributed by atoms with E-state index in [4.69, 9.17) is 5.73 Å². The predicted octanol–water partition coefficient (Wildman–Crippen LogP) is 3.21. The van der Waals surface area contributed by atoms with Crippen molar-refractivity contribution in [2.75, 3.05) is 16.4 Å². The monoisotopic (exact) mass is 374 g/mol. The molecule has 1 amide bonds. The normalized spacial score (nSPS) is 21.4. The van der Waals surface area contributed by atoms with E-state index in [1.54, 1.807) is 11.8 Å². The molecule has 5 nitrogen and oxygen atoms in total. The van der Waals surface area contributed by atoms with Crippen molar-refractivity contribution in [2.45, 2.75) is 20.5 Å². The third kappa shape index (κ3) is 2.97. The first-order valence-electron chi connectivity index (χ1n) is 7.37. The molecule has 122 valence electrons.